The van der Waals surface area contributed by atoms with Gasteiger partial charge in [0.25, 0.3) is 0 Å². The molecule has 1 aliphatic heterocycles. The van der Waals surface area contributed by atoms with Gasteiger partial charge in [0.1, 0.15) is 0 Å². The molecule has 1 aliphatic rings. The standard InChI is InChI=1S/C9H18ClN/c1-8-4-3-5-9(2)11(8)7-6-10/h8-9H,3-7H2,1-2H3/t8-,9+. The molecule has 0 aromatic rings. The van der Waals surface area contributed by atoms with Gasteiger partial charge in [0.05, 0.1) is 0 Å². The van der Waals surface area contributed by atoms with Crippen molar-refractivity contribution in [1.29, 1.82) is 0 Å². The molecule has 1 nitrogen and oxygen atoms in total. The van der Waals surface area contributed by atoms with E-state index >= 15 is 0 Å². The molecular formula is C9H18ClN. The Kier molecular flexibility index (Phi) is 3.67. The molecule has 2 atom stereocenters. The summed E-state index contributed by atoms with van der Waals surface area (Å²) in [4.78, 5) is 2.52. The Bertz CT molecular complexity index is 106. The summed E-state index contributed by atoms with van der Waals surface area (Å²) in [6.45, 7) is 5.67. The van der Waals surface area contributed by atoms with Crippen LogP contribution in [0.4, 0.5) is 0 Å². The Morgan fingerprint density at radius 2 is 1.82 bits per heavy atom. The summed E-state index contributed by atoms with van der Waals surface area (Å²) < 4.78 is 0. The lowest BCUT2D eigenvalue weighted by Crippen LogP contribution is -2.44. The molecule has 1 heterocycles. The van der Waals surface area contributed by atoms with Gasteiger partial charge in [0, 0.05) is 24.5 Å². The van der Waals surface area contributed by atoms with Crippen LogP contribution in [-0.2, 0) is 0 Å². The van der Waals surface area contributed by atoms with Crippen LogP contribution in [-0.4, -0.2) is 29.4 Å². The molecule has 1 rings (SSSR count). The average Bonchev–Trinajstić information content (AvgIpc) is 1.97. The van der Waals surface area contributed by atoms with Gasteiger partial charge >= 0.3 is 0 Å². The highest BCUT2D eigenvalue weighted by Crippen LogP contribution is 2.21. The highest BCUT2D eigenvalue weighted by molar-refractivity contribution is 6.18. The molecule has 11 heavy (non-hydrogen) atoms. The zero-order valence-electron chi connectivity index (χ0n) is 7.52. The molecule has 0 aromatic carbocycles. The van der Waals surface area contributed by atoms with Crippen LogP contribution < -0.4 is 0 Å². The molecule has 1 saturated heterocycles. The summed E-state index contributed by atoms with van der Waals surface area (Å²) in [6.07, 6.45) is 4.09. The topological polar surface area (TPSA) is 3.24 Å². The first kappa shape index (κ1) is 9.34. The van der Waals surface area contributed by atoms with E-state index in [1.807, 2.05) is 0 Å². The lowest BCUT2D eigenvalue weighted by atomic mass is 9.98. The van der Waals surface area contributed by atoms with Crippen molar-refractivity contribution in [3.05, 3.63) is 0 Å². The summed E-state index contributed by atoms with van der Waals surface area (Å²) in [6, 6.07) is 1.50. The van der Waals surface area contributed by atoms with Crippen molar-refractivity contribution in [2.24, 2.45) is 0 Å². The van der Waals surface area contributed by atoms with Gasteiger partial charge in [0.15, 0.2) is 0 Å². The number of piperidine rings is 1. The summed E-state index contributed by atoms with van der Waals surface area (Å²) in [5, 5.41) is 0. The first-order valence-corrected chi connectivity index (χ1v) is 5.11. The normalized spacial score (nSPS) is 34.1. The van der Waals surface area contributed by atoms with E-state index in [2.05, 4.69) is 18.7 Å². The van der Waals surface area contributed by atoms with E-state index in [4.69, 9.17) is 11.6 Å². The number of hydrogen-bond donors (Lipinski definition) is 0. The summed E-state index contributed by atoms with van der Waals surface area (Å²) in [5.41, 5.74) is 0. The van der Waals surface area contributed by atoms with Crippen LogP contribution in [0, 0.1) is 0 Å². The third kappa shape index (κ3) is 2.34. The minimum atomic E-state index is 0.748. The van der Waals surface area contributed by atoms with Crippen LogP contribution in [0.15, 0.2) is 0 Å². The monoisotopic (exact) mass is 175 g/mol. The molecule has 0 amide bonds. The van der Waals surface area contributed by atoms with Crippen LogP contribution in [0.2, 0.25) is 0 Å². The molecule has 0 spiro atoms. The fourth-order valence-corrected chi connectivity index (χ4v) is 2.21. The van der Waals surface area contributed by atoms with Crippen molar-refractivity contribution in [3.63, 3.8) is 0 Å². The molecule has 0 saturated carbocycles. The van der Waals surface area contributed by atoms with Gasteiger partial charge in [-0.2, -0.15) is 0 Å². The lowest BCUT2D eigenvalue weighted by Gasteiger charge is -2.38. The molecule has 0 N–H and O–H groups in total. The van der Waals surface area contributed by atoms with Crippen molar-refractivity contribution in [2.75, 3.05) is 12.4 Å². The second kappa shape index (κ2) is 4.32. The van der Waals surface area contributed by atoms with Crippen LogP contribution in [0.5, 0.6) is 0 Å². The van der Waals surface area contributed by atoms with Gasteiger partial charge in [-0.3, -0.25) is 4.90 Å². The maximum absolute atomic E-state index is 5.72. The van der Waals surface area contributed by atoms with E-state index in [0.717, 1.165) is 24.5 Å². The highest BCUT2D eigenvalue weighted by Gasteiger charge is 2.23. The summed E-state index contributed by atoms with van der Waals surface area (Å²) in [7, 11) is 0. The van der Waals surface area contributed by atoms with Gasteiger partial charge in [-0.05, 0) is 26.7 Å². The molecular weight excluding hydrogens is 158 g/mol. The second-order valence-corrected chi connectivity index (χ2v) is 3.93. The van der Waals surface area contributed by atoms with Crippen LogP contribution >= 0.6 is 11.6 Å². The summed E-state index contributed by atoms with van der Waals surface area (Å²) in [5.74, 6) is 0.773. The van der Waals surface area contributed by atoms with Crippen molar-refractivity contribution in [1.82, 2.24) is 4.90 Å². The number of alkyl halides is 1. The molecule has 1 fully saturated rings. The van der Waals surface area contributed by atoms with E-state index in [1.54, 1.807) is 0 Å². The quantitative estimate of drug-likeness (QED) is 0.583. The van der Waals surface area contributed by atoms with Crippen LogP contribution in [0.25, 0.3) is 0 Å². The van der Waals surface area contributed by atoms with Gasteiger partial charge < -0.3 is 0 Å². The minimum absolute atomic E-state index is 0.748. The van der Waals surface area contributed by atoms with Crippen molar-refractivity contribution in [3.8, 4) is 0 Å². The smallest absolute Gasteiger partial charge is 0.0351 e. The Hall–Kier alpha value is 0.250. The third-order valence-corrected chi connectivity index (χ3v) is 2.89. The van der Waals surface area contributed by atoms with Gasteiger partial charge in [0.2, 0.25) is 0 Å². The van der Waals surface area contributed by atoms with E-state index in [1.165, 1.54) is 19.3 Å². The van der Waals surface area contributed by atoms with Crippen LogP contribution in [0.3, 0.4) is 0 Å². The zero-order valence-corrected chi connectivity index (χ0v) is 8.27. The maximum atomic E-state index is 5.72. The van der Waals surface area contributed by atoms with Gasteiger partial charge in [-0.25, -0.2) is 0 Å². The first-order chi connectivity index (χ1) is 5.25. The van der Waals surface area contributed by atoms with Crippen molar-refractivity contribution >= 4 is 11.6 Å². The number of halogens is 1. The van der Waals surface area contributed by atoms with E-state index in [9.17, 15) is 0 Å². The molecule has 0 bridgehead atoms. The van der Waals surface area contributed by atoms with Crippen molar-refractivity contribution < 1.29 is 0 Å². The Morgan fingerprint density at radius 3 is 2.27 bits per heavy atom. The predicted octanol–water partition coefficient (Wildman–Crippen LogP) is 2.49. The van der Waals surface area contributed by atoms with E-state index in [-0.39, 0.29) is 0 Å². The fourth-order valence-electron chi connectivity index (χ4n) is 2.01. The number of nitrogens with zero attached hydrogens (tertiary/aromatic N) is 1. The Labute approximate surface area is 74.7 Å². The SMILES string of the molecule is C[C@@H]1CCC[C@H](C)N1CCCl. The fraction of sp³-hybridized carbons (Fsp3) is 1.00. The minimum Gasteiger partial charge on any atom is -0.297 e. The van der Waals surface area contributed by atoms with E-state index in [0.29, 0.717) is 0 Å². The predicted molar refractivity (Wildman–Crippen MR) is 50.2 cm³/mol. The number of hydrogen-bond acceptors (Lipinski definition) is 1. The van der Waals surface area contributed by atoms with Gasteiger partial charge in [-0.15, -0.1) is 11.6 Å². The Balaban J connectivity index is 2.41. The molecule has 0 aromatic heterocycles. The zero-order chi connectivity index (χ0) is 8.27. The molecule has 0 radical (unpaired) electrons. The van der Waals surface area contributed by atoms with Crippen molar-refractivity contribution in [2.45, 2.75) is 45.2 Å². The maximum Gasteiger partial charge on any atom is 0.0351 e. The third-order valence-electron chi connectivity index (χ3n) is 2.72. The summed E-state index contributed by atoms with van der Waals surface area (Å²) >= 11 is 5.72. The number of likely N-dealkylation sites (tertiary alicyclic amines) is 1. The second-order valence-electron chi connectivity index (χ2n) is 3.56. The van der Waals surface area contributed by atoms with Crippen LogP contribution in [0.1, 0.15) is 33.1 Å². The largest absolute Gasteiger partial charge is 0.297 e. The van der Waals surface area contributed by atoms with E-state index < -0.39 is 0 Å². The van der Waals surface area contributed by atoms with Gasteiger partial charge in [-0.1, -0.05) is 6.42 Å². The molecule has 0 unspecified atom stereocenters. The molecule has 2 heteroatoms. The first-order valence-electron chi connectivity index (χ1n) is 4.57. The average molecular weight is 176 g/mol. The molecule has 0 aliphatic carbocycles. The molecule has 66 valence electrons. The number of rotatable bonds is 2. The lowest BCUT2D eigenvalue weighted by molar-refractivity contribution is 0.112. The Morgan fingerprint density at radius 1 is 1.27 bits per heavy atom. The highest BCUT2D eigenvalue weighted by atomic mass is 35.5.